The molecule has 0 amide bonds. The van der Waals surface area contributed by atoms with Gasteiger partial charge in [-0.2, -0.15) is 0 Å². The van der Waals surface area contributed by atoms with Crippen LogP contribution < -0.4 is 0 Å². The molecule has 0 aliphatic heterocycles. The molecule has 0 bridgehead atoms. The van der Waals surface area contributed by atoms with Gasteiger partial charge in [0.05, 0.1) is 0 Å². The Bertz CT molecular complexity index is 257. The first-order chi connectivity index (χ1) is 6.20. The zero-order valence-electron chi connectivity index (χ0n) is 8.70. The van der Waals surface area contributed by atoms with E-state index in [0.29, 0.717) is 11.8 Å². The van der Waals surface area contributed by atoms with E-state index in [1.165, 1.54) is 5.56 Å². The zero-order chi connectivity index (χ0) is 9.68. The first-order valence-electron chi connectivity index (χ1n) is 4.93. The second-order valence-corrected chi connectivity index (χ2v) is 3.83. The van der Waals surface area contributed by atoms with Crippen LogP contribution in [0, 0.1) is 5.92 Å². The van der Waals surface area contributed by atoms with Crippen LogP contribution in [0.15, 0.2) is 42.5 Å². The van der Waals surface area contributed by atoms with Crippen molar-refractivity contribution in [2.75, 3.05) is 0 Å². The molecule has 70 valence electrons. The average molecular weight is 174 g/mol. The molecule has 0 saturated carbocycles. The maximum Gasteiger partial charge on any atom is -0.00103 e. The molecule has 0 aliphatic rings. The van der Waals surface area contributed by atoms with Crippen molar-refractivity contribution in [2.24, 2.45) is 5.92 Å². The summed E-state index contributed by atoms with van der Waals surface area (Å²) in [5.74, 6) is 1.18. The highest BCUT2D eigenvalue weighted by atomic mass is 14.0. The Hall–Kier alpha value is -1.04. The lowest BCUT2D eigenvalue weighted by Crippen LogP contribution is -1.89. The monoisotopic (exact) mass is 174 g/mol. The minimum atomic E-state index is 0.531. The van der Waals surface area contributed by atoms with Crippen LogP contribution in [0.1, 0.15) is 32.3 Å². The van der Waals surface area contributed by atoms with Gasteiger partial charge in [-0.3, -0.25) is 0 Å². The molecule has 0 heterocycles. The number of hydrogen-bond acceptors (Lipinski definition) is 0. The quantitative estimate of drug-likeness (QED) is 0.607. The third kappa shape index (κ3) is 3.45. The van der Waals surface area contributed by atoms with Crippen LogP contribution in [0.25, 0.3) is 0 Å². The molecular formula is C13H18. The van der Waals surface area contributed by atoms with Gasteiger partial charge in [0.2, 0.25) is 0 Å². The van der Waals surface area contributed by atoms with Gasteiger partial charge >= 0.3 is 0 Å². The summed E-state index contributed by atoms with van der Waals surface area (Å²) in [5, 5.41) is 0. The van der Waals surface area contributed by atoms with Crippen LogP contribution in [0.3, 0.4) is 0 Å². The zero-order valence-corrected chi connectivity index (χ0v) is 8.70. The van der Waals surface area contributed by atoms with E-state index in [2.05, 4.69) is 63.3 Å². The molecule has 1 aromatic rings. The van der Waals surface area contributed by atoms with Crippen molar-refractivity contribution in [3.8, 4) is 0 Å². The Morgan fingerprint density at radius 1 is 0.923 bits per heavy atom. The van der Waals surface area contributed by atoms with Gasteiger partial charge in [0, 0.05) is 0 Å². The van der Waals surface area contributed by atoms with E-state index in [1.54, 1.807) is 0 Å². The van der Waals surface area contributed by atoms with Gasteiger partial charge in [-0.15, -0.1) is 0 Å². The normalized spacial score (nSPS) is 13.8. The van der Waals surface area contributed by atoms with Crippen molar-refractivity contribution in [2.45, 2.75) is 26.7 Å². The van der Waals surface area contributed by atoms with Crippen molar-refractivity contribution in [1.29, 1.82) is 0 Å². The fourth-order valence-corrected chi connectivity index (χ4v) is 1.26. The van der Waals surface area contributed by atoms with Gasteiger partial charge in [-0.05, 0) is 17.4 Å². The molecule has 0 saturated heterocycles. The predicted octanol–water partition coefficient (Wildman–Crippen LogP) is 4.00. The highest BCUT2D eigenvalue weighted by molar-refractivity contribution is 5.22. The third-order valence-electron chi connectivity index (χ3n) is 2.11. The van der Waals surface area contributed by atoms with Crippen molar-refractivity contribution >= 4 is 0 Å². The Morgan fingerprint density at radius 3 is 2.08 bits per heavy atom. The Morgan fingerprint density at radius 2 is 1.54 bits per heavy atom. The van der Waals surface area contributed by atoms with E-state index in [9.17, 15) is 0 Å². The summed E-state index contributed by atoms with van der Waals surface area (Å²) in [5.41, 5.74) is 1.39. The van der Waals surface area contributed by atoms with Crippen LogP contribution in [-0.2, 0) is 0 Å². The Labute approximate surface area is 81.3 Å². The summed E-state index contributed by atoms with van der Waals surface area (Å²) >= 11 is 0. The van der Waals surface area contributed by atoms with Gasteiger partial charge < -0.3 is 0 Å². The minimum absolute atomic E-state index is 0.531. The van der Waals surface area contributed by atoms with Crippen LogP contribution in [-0.4, -0.2) is 0 Å². The number of rotatable bonds is 3. The lowest BCUT2D eigenvalue weighted by molar-refractivity contribution is 0.815. The Balaban J connectivity index is 2.64. The molecule has 1 rings (SSSR count). The Kier molecular flexibility index (Phi) is 3.75. The standard InChI is InChI=1S/C13H18/c1-11(2)9-10-12(3)13-7-5-4-6-8-13/h4-12H,1-3H3/b10-9+. The van der Waals surface area contributed by atoms with E-state index in [-0.39, 0.29) is 0 Å². The van der Waals surface area contributed by atoms with Gasteiger partial charge in [-0.25, -0.2) is 0 Å². The highest BCUT2D eigenvalue weighted by Gasteiger charge is 1.98. The predicted molar refractivity (Wildman–Crippen MR) is 58.8 cm³/mol. The van der Waals surface area contributed by atoms with Gasteiger partial charge in [-0.1, -0.05) is 63.3 Å². The van der Waals surface area contributed by atoms with E-state index >= 15 is 0 Å². The van der Waals surface area contributed by atoms with Crippen LogP contribution in [0.4, 0.5) is 0 Å². The van der Waals surface area contributed by atoms with E-state index < -0.39 is 0 Å². The SMILES string of the molecule is CC(C)/C=C/C(C)c1ccccc1. The molecule has 1 unspecified atom stereocenters. The largest absolute Gasteiger partial charge is 0.0854 e. The second-order valence-electron chi connectivity index (χ2n) is 3.83. The van der Waals surface area contributed by atoms with Gasteiger partial charge in [0.1, 0.15) is 0 Å². The second kappa shape index (κ2) is 4.86. The molecule has 0 aliphatic carbocycles. The molecule has 0 nitrogen and oxygen atoms in total. The molecule has 0 fully saturated rings. The van der Waals surface area contributed by atoms with Crippen molar-refractivity contribution < 1.29 is 0 Å². The van der Waals surface area contributed by atoms with E-state index in [0.717, 1.165) is 0 Å². The first kappa shape index (κ1) is 10.0. The first-order valence-corrected chi connectivity index (χ1v) is 4.93. The summed E-state index contributed by atoms with van der Waals surface area (Å²) in [7, 11) is 0. The molecule has 0 aromatic heterocycles. The van der Waals surface area contributed by atoms with Crippen LogP contribution in [0.2, 0.25) is 0 Å². The van der Waals surface area contributed by atoms with Crippen LogP contribution in [0.5, 0.6) is 0 Å². The summed E-state index contributed by atoms with van der Waals surface area (Å²) in [6.45, 7) is 6.64. The van der Waals surface area contributed by atoms with E-state index in [1.807, 2.05) is 0 Å². The number of benzene rings is 1. The van der Waals surface area contributed by atoms with Crippen molar-refractivity contribution in [1.82, 2.24) is 0 Å². The van der Waals surface area contributed by atoms with E-state index in [4.69, 9.17) is 0 Å². The maximum absolute atomic E-state index is 2.28. The number of allylic oxidation sites excluding steroid dienone is 2. The molecule has 1 atom stereocenters. The van der Waals surface area contributed by atoms with Crippen molar-refractivity contribution in [3.05, 3.63) is 48.0 Å². The van der Waals surface area contributed by atoms with Crippen molar-refractivity contribution in [3.63, 3.8) is 0 Å². The van der Waals surface area contributed by atoms with Gasteiger partial charge in [0.25, 0.3) is 0 Å². The maximum atomic E-state index is 2.28. The molecule has 0 radical (unpaired) electrons. The highest BCUT2D eigenvalue weighted by Crippen LogP contribution is 2.16. The summed E-state index contributed by atoms with van der Waals surface area (Å²) in [4.78, 5) is 0. The third-order valence-corrected chi connectivity index (χ3v) is 2.11. The fraction of sp³-hybridized carbons (Fsp3) is 0.385. The lowest BCUT2D eigenvalue weighted by Gasteiger charge is -2.06. The lowest BCUT2D eigenvalue weighted by atomic mass is 9.99. The molecule has 13 heavy (non-hydrogen) atoms. The van der Waals surface area contributed by atoms with Gasteiger partial charge in [0.15, 0.2) is 0 Å². The smallest absolute Gasteiger partial charge is 0.00103 e. The molecular weight excluding hydrogens is 156 g/mol. The van der Waals surface area contributed by atoms with Crippen LogP contribution >= 0.6 is 0 Å². The topological polar surface area (TPSA) is 0 Å². The fourth-order valence-electron chi connectivity index (χ4n) is 1.26. The molecule has 0 N–H and O–H groups in total. The molecule has 0 heteroatoms. The summed E-state index contributed by atoms with van der Waals surface area (Å²) < 4.78 is 0. The summed E-state index contributed by atoms with van der Waals surface area (Å²) in [6, 6.07) is 10.6. The summed E-state index contributed by atoms with van der Waals surface area (Å²) in [6.07, 6.45) is 4.54. The minimum Gasteiger partial charge on any atom is -0.0854 e. The molecule has 0 spiro atoms. The molecule has 1 aromatic carbocycles. The average Bonchev–Trinajstić information content (AvgIpc) is 2.15. The number of hydrogen-bond donors (Lipinski definition) is 0.